The molecule has 1 aromatic rings. The Balaban J connectivity index is 2.80. The highest BCUT2D eigenvalue weighted by atomic mass is 35.5. The molecule has 0 saturated carbocycles. The molecule has 1 rings (SSSR count). The molecule has 3 nitrogen and oxygen atoms in total. The quantitative estimate of drug-likeness (QED) is 0.659. The van der Waals surface area contributed by atoms with E-state index in [0.29, 0.717) is 17.3 Å². The molecule has 4 heteroatoms. The molecule has 0 aliphatic rings. The maximum absolute atomic E-state index is 11.8. The predicted octanol–water partition coefficient (Wildman–Crippen LogP) is 2.44. The summed E-state index contributed by atoms with van der Waals surface area (Å²) in [6.07, 6.45) is 1.78. The summed E-state index contributed by atoms with van der Waals surface area (Å²) in [5.41, 5.74) is 1.37. The van der Waals surface area contributed by atoms with Crippen molar-refractivity contribution < 1.29 is 4.79 Å². The van der Waals surface area contributed by atoms with Crippen LogP contribution in [0.5, 0.6) is 0 Å². The number of amides is 1. The normalized spacial score (nSPS) is 9.35. The second-order valence-electron chi connectivity index (χ2n) is 3.53. The maximum Gasteiger partial charge on any atom is 0.252 e. The first kappa shape index (κ1) is 13.5. The molecule has 1 N–H and O–H groups in total. The number of carbonyl (C=O) groups is 1. The molecule has 0 radical (unpaired) electrons. The van der Waals surface area contributed by atoms with Crippen LogP contribution in [0, 0.1) is 11.8 Å². The number of rotatable bonds is 4. The van der Waals surface area contributed by atoms with Gasteiger partial charge in [0.15, 0.2) is 0 Å². The molecule has 0 bridgehead atoms. The van der Waals surface area contributed by atoms with Gasteiger partial charge in [0.2, 0.25) is 0 Å². The average Bonchev–Trinajstić information content (AvgIpc) is 2.29. The lowest BCUT2D eigenvalue weighted by molar-refractivity contribution is 0.0958. The molecule has 1 heterocycles. The Bertz CT molecular complexity index is 460. The molecule has 0 spiro atoms. The molecular weight excluding hydrogens is 236 g/mol. The van der Waals surface area contributed by atoms with E-state index in [4.69, 9.17) is 11.6 Å². The van der Waals surface area contributed by atoms with E-state index >= 15 is 0 Å². The summed E-state index contributed by atoms with van der Waals surface area (Å²) in [6, 6.07) is 3.33. The van der Waals surface area contributed by atoms with Crippen molar-refractivity contribution in [1.82, 2.24) is 10.3 Å². The first-order valence-electron chi connectivity index (χ1n) is 5.51. The van der Waals surface area contributed by atoms with Gasteiger partial charge in [-0.25, -0.2) is 4.98 Å². The minimum absolute atomic E-state index is 0.172. The summed E-state index contributed by atoms with van der Waals surface area (Å²) in [5.74, 6) is 5.32. The number of pyridine rings is 1. The molecule has 90 valence electrons. The number of hydrogen-bond acceptors (Lipinski definition) is 2. The van der Waals surface area contributed by atoms with Crippen LogP contribution in [0.15, 0.2) is 12.1 Å². The van der Waals surface area contributed by atoms with Crippen molar-refractivity contribution in [2.45, 2.75) is 26.7 Å². The van der Waals surface area contributed by atoms with Gasteiger partial charge < -0.3 is 5.32 Å². The number of aryl methyl sites for hydroxylation is 1. The van der Waals surface area contributed by atoms with Crippen LogP contribution >= 0.6 is 11.6 Å². The first-order valence-corrected chi connectivity index (χ1v) is 5.89. The largest absolute Gasteiger partial charge is 0.341 e. The minimum atomic E-state index is -0.172. The Morgan fingerprint density at radius 3 is 2.94 bits per heavy atom. The standard InChI is InChI=1S/C13H15ClN2O/c1-3-5-7-15-13(17)10-8-11(6-4-2)16-12(14)9-10/h8-9H,4,6-7H2,1-2H3,(H,15,17). The third-order valence-electron chi connectivity index (χ3n) is 2.13. The highest BCUT2D eigenvalue weighted by Gasteiger charge is 2.08. The number of aromatic nitrogens is 1. The van der Waals surface area contributed by atoms with Crippen LogP contribution in [0.2, 0.25) is 5.15 Å². The van der Waals surface area contributed by atoms with Gasteiger partial charge in [-0.2, -0.15) is 0 Å². The van der Waals surface area contributed by atoms with Crippen molar-refractivity contribution in [2.75, 3.05) is 6.54 Å². The van der Waals surface area contributed by atoms with Crippen LogP contribution in [0.3, 0.4) is 0 Å². The Hall–Kier alpha value is -1.53. The van der Waals surface area contributed by atoms with Gasteiger partial charge in [0.1, 0.15) is 5.15 Å². The van der Waals surface area contributed by atoms with Gasteiger partial charge in [-0.3, -0.25) is 4.79 Å². The van der Waals surface area contributed by atoms with Gasteiger partial charge in [0, 0.05) is 11.3 Å². The van der Waals surface area contributed by atoms with Crippen molar-refractivity contribution in [2.24, 2.45) is 0 Å². The van der Waals surface area contributed by atoms with Crippen LogP contribution in [-0.4, -0.2) is 17.4 Å². The SMILES string of the molecule is CC#CCNC(=O)c1cc(Cl)nc(CCC)c1. The Kier molecular flexibility index (Phi) is 5.51. The zero-order chi connectivity index (χ0) is 12.7. The summed E-state index contributed by atoms with van der Waals surface area (Å²) in [5, 5.41) is 3.05. The maximum atomic E-state index is 11.8. The van der Waals surface area contributed by atoms with E-state index in [0.717, 1.165) is 18.5 Å². The molecule has 1 aromatic heterocycles. The fourth-order valence-electron chi connectivity index (χ4n) is 1.38. The topological polar surface area (TPSA) is 42.0 Å². The zero-order valence-electron chi connectivity index (χ0n) is 10.0. The number of nitrogens with zero attached hydrogens (tertiary/aromatic N) is 1. The monoisotopic (exact) mass is 250 g/mol. The Morgan fingerprint density at radius 2 is 2.29 bits per heavy atom. The highest BCUT2D eigenvalue weighted by molar-refractivity contribution is 6.29. The smallest absolute Gasteiger partial charge is 0.252 e. The summed E-state index contributed by atoms with van der Waals surface area (Å²) in [7, 11) is 0. The van der Waals surface area contributed by atoms with Gasteiger partial charge in [-0.1, -0.05) is 30.9 Å². The highest BCUT2D eigenvalue weighted by Crippen LogP contribution is 2.12. The first-order chi connectivity index (χ1) is 8.17. The van der Waals surface area contributed by atoms with Crippen molar-refractivity contribution >= 4 is 17.5 Å². The van der Waals surface area contributed by atoms with Crippen LogP contribution in [-0.2, 0) is 6.42 Å². The van der Waals surface area contributed by atoms with Gasteiger partial charge in [0.25, 0.3) is 5.91 Å². The Morgan fingerprint density at radius 1 is 1.53 bits per heavy atom. The minimum Gasteiger partial charge on any atom is -0.341 e. The molecule has 0 saturated heterocycles. The molecular formula is C13H15ClN2O. The number of carbonyl (C=O) groups excluding carboxylic acids is 1. The van der Waals surface area contributed by atoms with E-state index in [-0.39, 0.29) is 5.91 Å². The second kappa shape index (κ2) is 6.93. The molecule has 0 fully saturated rings. The summed E-state index contributed by atoms with van der Waals surface area (Å²) in [4.78, 5) is 15.9. The molecule has 17 heavy (non-hydrogen) atoms. The van der Waals surface area contributed by atoms with Gasteiger partial charge in [-0.05, 0) is 25.5 Å². The van der Waals surface area contributed by atoms with E-state index < -0.39 is 0 Å². The molecule has 0 aliphatic carbocycles. The lowest BCUT2D eigenvalue weighted by Gasteiger charge is -2.05. The summed E-state index contributed by atoms with van der Waals surface area (Å²) in [6.45, 7) is 4.13. The van der Waals surface area contributed by atoms with Crippen LogP contribution in [0.1, 0.15) is 36.3 Å². The van der Waals surface area contributed by atoms with Gasteiger partial charge >= 0.3 is 0 Å². The van der Waals surface area contributed by atoms with Gasteiger partial charge in [0.05, 0.1) is 6.54 Å². The molecule has 1 amide bonds. The summed E-state index contributed by atoms with van der Waals surface area (Å²) < 4.78 is 0. The van der Waals surface area contributed by atoms with E-state index in [1.165, 1.54) is 0 Å². The van der Waals surface area contributed by atoms with Crippen molar-refractivity contribution in [3.05, 3.63) is 28.5 Å². The lowest BCUT2D eigenvalue weighted by atomic mass is 10.1. The van der Waals surface area contributed by atoms with E-state index in [1.807, 2.05) is 0 Å². The molecule has 0 aliphatic heterocycles. The van der Waals surface area contributed by atoms with Crippen LogP contribution < -0.4 is 5.32 Å². The molecule has 0 aromatic carbocycles. The third-order valence-corrected chi connectivity index (χ3v) is 2.32. The Labute approximate surface area is 107 Å². The average molecular weight is 251 g/mol. The zero-order valence-corrected chi connectivity index (χ0v) is 10.8. The van der Waals surface area contributed by atoms with Crippen LogP contribution in [0.4, 0.5) is 0 Å². The lowest BCUT2D eigenvalue weighted by Crippen LogP contribution is -2.23. The predicted molar refractivity (Wildman–Crippen MR) is 69.0 cm³/mol. The number of hydrogen-bond donors (Lipinski definition) is 1. The van der Waals surface area contributed by atoms with Crippen molar-refractivity contribution in [3.8, 4) is 11.8 Å². The van der Waals surface area contributed by atoms with E-state index in [2.05, 4.69) is 29.1 Å². The van der Waals surface area contributed by atoms with Gasteiger partial charge in [-0.15, -0.1) is 5.92 Å². The van der Waals surface area contributed by atoms with Crippen LogP contribution in [0.25, 0.3) is 0 Å². The third kappa shape index (κ3) is 4.46. The molecule has 0 unspecified atom stereocenters. The van der Waals surface area contributed by atoms with E-state index in [1.54, 1.807) is 19.1 Å². The number of nitrogens with one attached hydrogen (secondary N) is 1. The molecule has 0 atom stereocenters. The van der Waals surface area contributed by atoms with Crippen molar-refractivity contribution in [1.29, 1.82) is 0 Å². The summed E-state index contributed by atoms with van der Waals surface area (Å²) >= 11 is 5.87. The van der Waals surface area contributed by atoms with Crippen molar-refractivity contribution in [3.63, 3.8) is 0 Å². The fourth-order valence-corrected chi connectivity index (χ4v) is 1.61. The fraction of sp³-hybridized carbons (Fsp3) is 0.385. The number of halogens is 1. The second-order valence-corrected chi connectivity index (χ2v) is 3.92. The van der Waals surface area contributed by atoms with E-state index in [9.17, 15) is 4.79 Å².